The van der Waals surface area contributed by atoms with E-state index in [4.69, 9.17) is 5.73 Å². The number of carbonyl (C=O) groups excluding carboxylic acids is 1. The predicted molar refractivity (Wildman–Crippen MR) is 98.0 cm³/mol. The molecule has 0 radical (unpaired) electrons. The quantitative estimate of drug-likeness (QED) is 0.715. The van der Waals surface area contributed by atoms with Crippen molar-refractivity contribution in [1.29, 1.82) is 5.26 Å². The van der Waals surface area contributed by atoms with Crippen LogP contribution in [0.25, 0.3) is 11.3 Å². The Balaban J connectivity index is 1.87. The zero-order valence-corrected chi connectivity index (χ0v) is 14.7. The molecule has 5 nitrogen and oxygen atoms in total. The van der Waals surface area contributed by atoms with Gasteiger partial charge in [-0.3, -0.25) is 4.79 Å². The van der Waals surface area contributed by atoms with Crippen molar-refractivity contribution >= 4 is 27.5 Å². The summed E-state index contributed by atoms with van der Waals surface area (Å²) in [5.41, 5.74) is 9.49. The van der Waals surface area contributed by atoms with E-state index in [0.717, 1.165) is 15.6 Å². The molecule has 1 unspecified atom stereocenters. The molecule has 2 aromatic carbocycles. The van der Waals surface area contributed by atoms with Gasteiger partial charge in [0.05, 0.1) is 6.04 Å². The molecule has 6 heteroatoms. The summed E-state index contributed by atoms with van der Waals surface area (Å²) in [5.74, 6) is 0.356. The first-order chi connectivity index (χ1) is 12.1. The number of hydrogen-bond donors (Lipinski definition) is 1. The number of nitrogen functional groups attached to an aromatic ring is 1. The van der Waals surface area contributed by atoms with Crippen LogP contribution in [0.3, 0.4) is 0 Å². The molecule has 4 rings (SSSR count). The maximum absolute atomic E-state index is 12.3. The van der Waals surface area contributed by atoms with Crippen LogP contribution in [-0.2, 0) is 0 Å². The number of rotatable bonds is 2. The van der Waals surface area contributed by atoms with E-state index < -0.39 is 0 Å². The molecule has 0 bridgehead atoms. The summed E-state index contributed by atoms with van der Waals surface area (Å²) in [6, 6.07) is 16.9. The summed E-state index contributed by atoms with van der Waals surface area (Å²) < 4.78 is 2.55. The Labute approximate surface area is 152 Å². The van der Waals surface area contributed by atoms with E-state index in [9.17, 15) is 10.1 Å². The smallest absolute Gasteiger partial charge is 0.165 e. The number of fused-ring (bicyclic) bond motifs is 1. The van der Waals surface area contributed by atoms with Crippen LogP contribution in [-0.4, -0.2) is 15.6 Å². The molecule has 1 aliphatic carbocycles. The molecule has 3 aromatic rings. The van der Waals surface area contributed by atoms with Crippen molar-refractivity contribution in [3.05, 3.63) is 69.7 Å². The normalized spacial score (nSPS) is 15.8. The molecule has 0 fully saturated rings. The highest BCUT2D eigenvalue weighted by Crippen LogP contribution is 2.38. The van der Waals surface area contributed by atoms with E-state index in [2.05, 4.69) is 27.1 Å². The van der Waals surface area contributed by atoms with Gasteiger partial charge in [-0.1, -0.05) is 52.3 Å². The van der Waals surface area contributed by atoms with Crippen LogP contribution in [0.15, 0.2) is 53.0 Å². The SMILES string of the molecule is N#Cc1c(-c2ccc(Br)cc2)nn(C2CC(=O)c3ccccc32)c1N. The first kappa shape index (κ1) is 15.6. The lowest BCUT2D eigenvalue weighted by Gasteiger charge is -2.13. The fraction of sp³-hybridized carbons (Fsp3) is 0.105. The van der Waals surface area contributed by atoms with Crippen LogP contribution in [0, 0.1) is 11.3 Å². The van der Waals surface area contributed by atoms with Crippen molar-refractivity contribution in [2.45, 2.75) is 12.5 Å². The zero-order valence-electron chi connectivity index (χ0n) is 13.1. The Kier molecular flexibility index (Phi) is 3.66. The number of aromatic nitrogens is 2. The third kappa shape index (κ3) is 2.44. The molecule has 1 aliphatic rings. The van der Waals surface area contributed by atoms with Gasteiger partial charge in [0.2, 0.25) is 0 Å². The number of carbonyl (C=O) groups is 1. The molecule has 25 heavy (non-hydrogen) atoms. The van der Waals surface area contributed by atoms with Gasteiger partial charge in [-0.05, 0) is 17.7 Å². The van der Waals surface area contributed by atoms with E-state index >= 15 is 0 Å². The van der Waals surface area contributed by atoms with Gasteiger partial charge in [-0.2, -0.15) is 10.4 Å². The molecule has 0 spiro atoms. The van der Waals surface area contributed by atoms with Gasteiger partial charge in [0.25, 0.3) is 0 Å². The van der Waals surface area contributed by atoms with Crippen LogP contribution in [0.4, 0.5) is 5.82 Å². The highest BCUT2D eigenvalue weighted by atomic mass is 79.9. The summed E-state index contributed by atoms with van der Waals surface area (Å²) in [7, 11) is 0. The molecule has 0 aliphatic heterocycles. The van der Waals surface area contributed by atoms with E-state index in [1.54, 1.807) is 4.68 Å². The third-order valence-corrected chi connectivity index (χ3v) is 5.00. The van der Waals surface area contributed by atoms with Crippen LogP contribution < -0.4 is 5.73 Å². The Hall–Kier alpha value is -2.91. The Bertz CT molecular complexity index is 1030. The van der Waals surface area contributed by atoms with Crippen LogP contribution in [0.2, 0.25) is 0 Å². The van der Waals surface area contributed by atoms with Gasteiger partial charge in [0.1, 0.15) is 23.1 Å². The number of halogens is 1. The number of nitriles is 1. The Morgan fingerprint density at radius 1 is 1.20 bits per heavy atom. The number of nitrogens with zero attached hydrogens (tertiary/aromatic N) is 3. The minimum Gasteiger partial charge on any atom is -0.383 e. The number of nitrogens with two attached hydrogens (primary N) is 1. The van der Waals surface area contributed by atoms with Crippen LogP contribution in [0.5, 0.6) is 0 Å². The van der Waals surface area contributed by atoms with Gasteiger partial charge in [-0.25, -0.2) is 4.68 Å². The van der Waals surface area contributed by atoms with E-state index in [-0.39, 0.29) is 17.6 Å². The minimum atomic E-state index is -0.278. The lowest BCUT2D eigenvalue weighted by molar-refractivity contribution is 0.0985. The molecular formula is C19H13BrN4O. The number of hydrogen-bond acceptors (Lipinski definition) is 4. The monoisotopic (exact) mass is 392 g/mol. The Morgan fingerprint density at radius 3 is 2.64 bits per heavy atom. The standard InChI is InChI=1S/C19H13BrN4O/c20-12-7-5-11(6-8-12)18-15(10-21)19(22)24(23-18)16-9-17(25)14-4-2-1-3-13(14)16/h1-8,16H,9,22H2. The number of Topliss-reactive ketones (excluding diaryl/α,β-unsaturated/α-hetero) is 1. The number of anilines is 1. The first-order valence-corrected chi connectivity index (χ1v) is 8.55. The lowest BCUT2D eigenvalue weighted by atomic mass is 10.1. The van der Waals surface area contributed by atoms with Crippen molar-refractivity contribution in [2.75, 3.05) is 5.73 Å². The van der Waals surface area contributed by atoms with Crippen LogP contribution in [0.1, 0.15) is 33.9 Å². The molecule has 122 valence electrons. The largest absolute Gasteiger partial charge is 0.383 e. The molecule has 1 heterocycles. The van der Waals surface area contributed by atoms with E-state index in [1.807, 2.05) is 48.5 Å². The van der Waals surface area contributed by atoms with Crippen molar-refractivity contribution in [1.82, 2.24) is 9.78 Å². The van der Waals surface area contributed by atoms with Crippen LogP contribution >= 0.6 is 15.9 Å². The Morgan fingerprint density at radius 2 is 1.92 bits per heavy atom. The maximum atomic E-state index is 12.3. The molecule has 0 saturated carbocycles. The van der Waals surface area contributed by atoms with Gasteiger partial charge in [0.15, 0.2) is 5.78 Å². The lowest BCUT2D eigenvalue weighted by Crippen LogP contribution is -2.12. The van der Waals surface area contributed by atoms with Gasteiger partial charge >= 0.3 is 0 Å². The van der Waals surface area contributed by atoms with Crippen molar-refractivity contribution in [3.63, 3.8) is 0 Å². The van der Waals surface area contributed by atoms with Gasteiger partial charge < -0.3 is 5.73 Å². The van der Waals surface area contributed by atoms with Gasteiger partial charge in [0, 0.05) is 22.0 Å². The first-order valence-electron chi connectivity index (χ1n) is 7.76. The van der Waals surface area contributed by atoms with Crippen molar-refractivity contribution in [3.8, 4) is 17.3 Å². The number of ketones is 1. The molecule has 0 amide bonds. The topological polar surface area (TPSA) is 84.7 Å². The summed E-state index contributed by atoms with van der Waals surface area (Å²) in [6.07, 6.45) is 0.301. The molecular weight excluding hydrogens is 380 g/mol. The second-order valence-electron chi connectivity index (χ2n) is 5.90. The molecule has 0 saturated heterocycles. The van der Waals surface area contributed by atoms with Crippen molar-refractivity contribution in [2.24, 2.45) is 0 Å². The third-order valence-electron chi connectivity index (χ3n) is 4.47. The second kappa shape index (κ2) is 5.87. The zero-order chi connectivity index (χ0) is 17.6. The predicted octanol–water partition coefficient (Wildman–Crippen LogP) is 3.94. The fourth-order valence-electron chi connectivity index (χ4n) is 3.26. The summed E-state index contributed by atoms with van der Waals surface area (Å²) >= 11 is 3.40. The average Bonchev–Trinajstić information content (AvgIpc) is 3.13. The molecule has 1 aromatic heterocycles. The fourth-order valence-corrected chi connectivity index (χ4v) is 3.52. The van der Waals surface area contributed by atoms with Crippen molar-refractivity contribution < 1.29 is 4.79 Å². The summed E-state index contributed by atoms with van der Waals surface area (Å²) in [4.78, 5) is 12.3. The highest BCUT2D eigenvalue weighted by Gasteiger charge is 2.33. The number of benzene rings is 2. The molecule has 1 atom stereocenters. The van der Waals surface area contributed by atoms with Gasteiger partial charge in [-0.15, -0.1) is 0 Å². The maximum Gasteiger partial charge on any atom is 0.165 e. The molecule has 2 N–H and O–H groups in total. The van der Waals surface area contributed by atoms with E-state index in [1.165, 1.54) is 0 Å². The average molecular weight is 393 g/mol. The summed E-state index contributed by atoms with van der Waals surface area (Å²) in [6.45, 7) is 0. The second-order valence-corrected chi connectivity index (χ2v) is 6.82. The minimum absolute atomic E-state index is 0.0687. The highest BCUT2D eigenvalue weighted by molar-refractivity contribution is 9.10. The summed E-state index contributed by atoms with van der Waals surface area (Å²) in [5, 5.41) is 14.2. The van der Waals surface area contributed by atoms with E-state index in [0.29, 0.717) is 23.2 Å².